The van der Waals surface area contributed by atoms with E-state index in [1.807, 2.05) is 24.4 Å². The average Bonchev–Trinajstić information content (AvgIpc) is 3.77. The second-order valence-electron chi connectivity index (χ2n) is 14.4. The standard InChI is InChI=1S/C39H43NO11/c1-4-48-38(46)37-27(16-43)31-22-9-23(15-42)33(45)25(11-22)24-10-21-7-8-40-29(21)12-20(24)6-5-19(14-41)18-49-35-26-13-30(39(2,3)47)50-34(26)28(17-44)36(51-37)32(31)35/h7-8,10,12,16,19,23,25,30,40-42,44,47H,4-6,9,11,13-15,17-18H2,1-3H3. The van der Waals surface area contributed by atoms with Gasteiger partial charge in [-0.05, 0) is 81.2 Å². The molecular formula is C39H43NO11. The van der Waals surface area contributed by atoms with Crippen LogP contribution < -0.4 is 14.2 Å². The van der Waals surface area contributed by atoms with Crippen molar-refractivity contribution in [1.82, 2.24) is 4.98 Å². The number of aromatic amines is 1. The zero-order chi connectivity index (χ0) is 36.2. The highest BCUT2D eigenvalue weighted by atomic mass is 16.6. The van der Waals surface area contributed by atoms with Crippen molar-refractivity contribution in [2.45, 2.75) is 77.1 Å². The first kappa shape index (κ1) is 34.9. The minimum Gasteiger partial charge on any atom is -0.492 e. The van der Waals surface area contributed by atoms with E-state index in [4.69, 9.17) is 18.9 Å². The SMILES string of the molecule is CCOC(=O)C1=C(C=O)C2=C3CC(CO)C(=O)C(C3)c3cc4cc[nH]c4cc3CCC(CO)COc3c4c(c(CO)c(c32)O1)OC(C(C)(C)O)C4. The van der Waals surface area contributed by atoms with Crippen molar-refractivity contribution in [3.05, 3.63) is 69.1 Å². The van der Waals surface area contributed by atoms with E-state index < -0.39 is 42.7 Å². The second-order valence-corrected chi connectivity index (χ2v) is 14.4. The van der Waals surface area contributed by atoms with Crippen LogP contribution in [-0.4, -0.2) is 81.6 Å². The van der Waals surface area contributed by atoms with E-state index >= 15 is 0 Å². The summed E-state index contributed by atoms with van der Waals surface area (Å²) in [7, 11) is 0. The molecule has 4 atom stereocenters. The summed E-state index contributed by atoms with van der Waals surface area (Å²) in [6, 6.07) is 5.94. The highest BCUT2D eigenvalue weighted by molar-refractivity contribution is 6.11. The van der Waals surface area contributed by atoms with E-state index in [0.717, 1.165) is 22.0 Å². The van der Waals surface area contributed by atoms with E-state index in [2.05, 4.69) is 4.98 Å². The topological polar surface area (TPSA) is 185 Å². The van der Waals surface area contributed by atoms with Crippen molar-refractivity contribution in [3.63, 3.8) is 0 Å². The summed E-state index contributed by atoms with van der Waals surface area (Å²) in [6.07, 6.45) is 3.08. The smallest absolute Gasteiger partial charge is 0.375 e. The molecule has 2 bridgehead atoms. The third kappa shape index (κ3) is 5.93. The Bertz CT molecular complexity index is 1980. The number of nitrogens with one attached hydrogen (secondary N) is 1. The van der Waals surface area contributed by atoms with Gasteiger partial charge in [0.1, 0.15) is 29.1 Å². The van der Waals surface area contributed by atoms with Crippen LogP contribution in [0.4, 0.5) is 0 Å². The first-order valence-corrected chi connectivity index (χ1v) is 17.5. The van der Waals surface area contributed by atoms with Gasteiger partial charge in [-0.3, -0.25) is 9.59 Å². The summed E-state index contributed by atoms with van der Waals surface area (Å²) in [4.78, 5) is 44.2. The Balaban J connectivity index is 1.57. The molecule has 5 N–H and O–H groups in total. The van der Waals surface area contributed by atoms with Gasteiger partial charge in [0.2, 0.25) is 5.76 Å². The van der Waals surface area contributed by atoms with Gasteiger partial charge >= 0.3 is 5.97 Å². The van der Waals surface area contributed by atoms with Crippen LogP contribution in [0, 0.1) is 11.8 Å². The first-order chi connectivity index (χ1) is 24.5. The van der Waals surface area contributed by atoms with Crippen LogP contribution in [0.5, 0.6) is 17.2 Å². The number of H-pyrrole nitrogens is 1. The number of aromatic nitrogens is 1. The lowest BCUT2D eigenvalue weighted by Gasteiger charge is -2.34. The molecule has 51 heavy (non-hydrogen) atoms. The summed E-state index contributed by atoms with van der Waals surface area (Å²) >= 11 is 0. The highest BCUT2D eigenvalue weighted by Gasteiger charge is 2.46. The largest absolute Gasteiger partial charge is 0.492 e. The normalized spacial score (nSPS) is 23.2. The zero-order valence-electron chi connectivity index (χ0n) is 28.9. The molecular weight excluding hydrogens is 658 g/mol. The number of hydrogen-bond donors (Lipinski definition) is 5. The molecule has 0 radical (unpaired) electrons. The molecule has 0 spiro atoms. The van der Waals surface area contributed by atoms with Crippen LogP contribution in [-0.2, 0) is 38.6 Å². The van der Waals surface area contributed by atoms with Crippen LogP contribution >= 0.6 is 0 Å². The fourth-order valence-corrected chi connectivity index (χ4v) is 7.99. The summed E-state index contributed by atoms with van der Waals surface area (Å²) in [5, 5.41) is 44.0. The van der Waals surface area contributed by atoms with Gasteiger partial charge in [-0.2, -0.15) is 0 Å². The molecule has 4 unspecified atom stereocenters. The molecule has 2 aromatic carbocycles. The summed E-state index contributed by atoms with van der Waals surface area (Å²) in [5.41, 5.74) is 3.13. The molecule has 1 fully saturated rings. The Labute approximate surface area is 294 Å². The number of esters is 1. The van der Waals surface area contributed by atoms with Crippen molar-refractivity contribution in [3.8, 4) is 17.2 Å². The maximum atomic E-state index is 14.2. The number of aldehydes is 1. The Hall–Kier alpha value is -4.49. The highest BCUT2D eigenvalue weighted by Crippen LogP contribution is 2.57. The molecule has 7 rings (SSSR count). The predicted octanol–water partition coefficient (Wildman–Crippen LogP) is 3.59. The van der Waals surface area contributed by atoms with E-state index in [1.165, 1.54) is 0 Å². The maximum absolute atomic E-state index is 14.2. The number of aliphatic hydroxyl groups excluding tert-OH is 3. The fraction of sp³-hybridized carbons (Fsp3) is 0.462. The lowest BCUT2D eigenvalue weighted by molar-refractivity contribution is -0.141. The van der Waals surface area contributed by atoms with Crippen molar-refractivity contribution in [2.24, 2.45) is 11.8 Å². The predicted molar refractivity (Wildman–Crippen MR) is 184 cm³/mol. The minimum atomic E-state index is -1.30. The number of carbonyl (C=O) groups excluding carboxylic acids is 3. The van der Waals surface area contributed by atoms with Gasteiger partial charge in [0.25, 0.3) is 0 Å². The molecule has 3 aliphatic heterocycles. The molecule has 4 heterocycles. The number of benzene rings is 2. The Morgan fingerprint density at radius 3 is 2.59 bits per heavy atom. The molecule has 12 nitrogen and oxygen atoms in total. The van der Waals surface area contributed by atoms with Crippen molar-refractivity contribution in [1.29, 1.82) is 0 Å². The van der Waals surface area contributed by atoms with Gasteiger partial charge in [-0.15, -0.1) is 0 Å². The fourth-order valence-electron chi connectivity index (χ4n) is 7.99. The van der Waals surface area contributed by atoms with Crippen LogP contribution in [0.3, 0.4) is 0 Å². The lowest BCUT2D eigenvalue weighted by atomic mass is 9.70. The van der Waals surface area contributed by atoms with E-state index in [9.17, 15) is 34.8 Å². The van der Waals surface area contributed by atoms with Gasteiger partial charge in [0, 0.05) is 53.6 Å². The van der Waals surface area contributed by atoms with Gasteiger partial charge in [-0.25, -0.2) is 4.79 Å². The van der Waals surface area contributed by atoms with Crippen LogP contribution in [0.1, 0.15) is 73.8 Å². The van der Waals surface area contributed by atoms with Crippen LogP contribution in [0.2, 0.25) is 0 Å². The molecule has 0 saturated heterocycles. The van der Waals surface area contributed by atoms with Crippen molar-refractivity contribution in [2.75, 3.05) is 26.4 Å². The van der Waals surface area contributed by atoms with Crippen molar-refractivity contribution >= 4 is 34.5 Å². The number of allylic oxidation sites excluding steroid dienone is 3. The summed E-state index contributed by atoms with van der Waals surface area (Å²) in [6.45, 7) is 3.67. The number of aryl methyl sites for hydroxylation is 1. The second kappa shape index (κ2) is 13.6. The molecule has 4 aliphatic rings. The van der Waals surface area contributed by atoms with E-state index in [1.54, 1.807) is 20.8 Å². The van der Waals surface area contributed by atoms with Crippen LogP contribution in [0.15, 0.2) is 41.3 Å². The summed E-state index contributed by atoms with van der Waals surface area (Å²) < 4.78 is 24.5. The number of ketones is 1. The third-order valence-electron chi connectivity index (χ3n) is 10.7. The van der Waals surface area contributed by atoms with Crippen molar-refractivity contribution < 1.29 is 53.8 Å². The van der Waals surface area contributed by atoms with Gasteiger partial charge in [0.15, 0.2) is 6.29 Å². The lowest BCUT2D eigenvalue weighted by Crippen LogP contribution is -2.39. The Kier molecular flexibility index (Phi) is 9.30. The molecule has 1 saturated carbocycles. The zero-order valence-corrected chi connectivity index (χ0v) is 28.9. The summed E-state index contributed by atoms with van der Waals surface area (Å²) in [5.74, 6) is -2.77. The quantitative estimate of drug-likeness (QED) is 0.179. The van der Waals surface area contributed by atoms with Gasteiger partial charge in [-0.1, -0.05) is 5.57 Å². The minimum absolute atomic E-state index is 0.00546. The molecule has 1 aliphatic carbocycles. The number of rotatable bonds is 7. The molecule has 270 valence electrons. The maximum Gasteiger partial charge on any atom is 0.375 e. The molecule has 3 aromatic rings. The van der Waals surface area contributed by atoms with Crippen LogP contribution in [0.25, 0.3) is 16.5 Å². The Morgan fingerprint density at radius 2 is 1.90 bits per heavy atom. The first-order valence-electron chi connectivity index (χ1n) is 17.5. The third-order valence-corrected chi connectivity index (χ3v) is 10.7. The number of hydrogen-bond acceptors (Lipinski definition) is 11. The van der Waals surface area contributed by atoms with E-state index in [0.29, 0.717) is 41.4 Å². The number of fused-ring (bicyclic) bond motifs is 7. The van der Waals surface area contributed by atoms with Gasteiger partial charge < -0.3 is 44.4 Å². The number of Topliss-reactive ketones (excluding diaryl/α,β-unsaturated/α-hetero) is 1. The monoisotopic (exact) mass is 701 g/mol. The average molecular weight is 702 g/mol. The number of ether oxygens (including phenoxy) is 4. The number of carbonyl (C=O) groups is 3. The molecule has 12 heteroatoms. The molecule has 1 aromatic heterocycles. The molecule has 0 amide bonds. The van der Waals surface area contributed by atoms with Gasteiger partial charge in [0.05, 0.1) is 48.7 Å². The Morgan fingerprint density at radius 1 is 1.10 bits per heavy atom. The number of aliphatic hydroxyl groups is 4. The van der Waals surface area contributed by atoms with E-state index in [-0.39, 0.29) is 84.9 Å².